The molecule has 0 amide bonds. The van der Waals surface area contributed by atoms with Gasteiger partial charge in [-0.15, -0.1) is 0 Å². The molecule has 0 N–H and O–H groups in total. The van der Waals surface area contributed by atoms with Gasteiger partial charge in [-0.05, 0) is 42.3 Å². The summed E-state index contributed by atoms with van der Waals surface area (Å²) in [6, 6.07) is 6.08. The summed E-state index contributed by atoms with van der Waals surface area (Å²) in [5.74, 6) is 0.634. The molecule has 5 nitrogen and oxygen atoms in total. The Morgan fingerprint density at radius 1 is 1.19 bits per heavy atom. The highest BCUT2D eigenvalue weighted by molar-refractivity contribution is 7.91. The van der Waals surface area contributed by atoms with Crippen LogP contribution < -0.4 is 4.74 Å². The average Bonchev–Trinajstić information content (AvgIpc) is 2.61. The van der Waals surface area contributed by atoms with Crippen LogP contribution in [0.4, 0.5) is 13.2 Å². The van der Waals surface area contributed by atoms with Crippen LogP contribution in [-0.4, -0.2) is 24.3 Å². The quantitative estimate of drug-likeness (QED) is 0.806. The van der Waals surface area contributed by atoms with E-state index in [0.29, 0.717) is 24.4 Å². The summed E-state index contributed by atoms with van der Waals surface area (Å²) in [4.78, 5) is 4.22. The molecule has 1 aliphatic heterocycles. The van der Waals surface area contributed by atoms with Gasteiger partial charge >= 0.3 is 6.18 Å². The number of hydrogen-bond acceptors (Lipinski definition) is 4. The van der Waals surface area contributed by atoms with Crippen LogP contribution in [0.3, 0.4) is 0 Å². The minimum atomic E-state index is -4.40. The lowest BCUT2D eigenvalue weighted by Crippen LogP contribution is -2.35. The first-order chi connectivity index (χ1) is 12.2. The summed E-state index contributed by atoms with van der Waals surface area (Å²) >= 11 is 0. The van der Waals surface area contributed by atoms with E-state index in [1.165, 1.54) is 22.6 Å². The lowest BCUT2D eigenvalue weighted by molar-refractivity contribution is -0.137. The maximum absolute atomic E-state index is 12.6. The molecule has 0 fully saturated rings. The molecule has 2 heterocycles. The molecule has 2 aromatic rings. The van der Waals surface area contributed by atoms with Gasteiger partial charge in [0.2, 0.25) is 10.0 Å². The largest absolute Gasteiger partial charge is 0.456 e. The number of hydrogen-bond donors (Lipinski definition) is 0. The van der Waals surface area contributed by atoms with Crippen LogP contribution in [0.1, 0.15) is 16.8 Å². The third-order valence-corrected chi connectivity index (χ3v) is 5.43. The van der Waals surface area contributed by atoms with Gasteiger partial charge in [0.15, 0.2) is 0 Å². The number of ether oxygens (including phenoxy) is 1. The number of aromatic nitrogens is 1. The maximum atomic E-state index is 12.6. The zero-order valence-corrected chi connectivity index (χ0v) is 14.3. The third-order valence-electron chi connectivity index (χ3n) is 3.98. The van der Waals surface area contributed by atoms with E-state index in [9.17, 15) is 21.6 Å². The van der Waals surface area contributed by atoms with Crippen LogP contribution in [0.5, 0.6) is 11.5 Å². The molecule has 0 bridgehead atoms. The molecule has 0 saturated heterocycles. The van der Waals surface area contributed by atoms with Crippen molar-refractivity contribution >= 4 is 10.0 Å². The summed E-state index contributed by atoms with van der Waals surface area (Å²) in [7, 11) is -3.50. The van der Waals surface area contributed by atoms with Crippen molar-refractivity contribution < 1.29 is 26.3 Å². The van der Waals surface area contributed by atoms with Crippen LogP contribution in [0.15, 0.2) is 48.5 Å². The summed E-state index contributed by atoms with van der Waals surface area (Å²) in [6.45, 7) is 3.75. The highest BCUT2D eigenvalue weighted by Gasteiger charge is 2.30. The van der Waals surface area contributed by atoms with Crippen molar-refractivity contribution in [3.8, 4) is 11.5 Å². The molecule has 0 aliphatic carbocycles. The lowest BCUT2D eigenvalue weighted by Gasteiger charge is -2.26. The van der Waals surface area contributed by atoms with Gasteiger partial charge in [-0.3, -0.25) is 4.98 Å². The number of sulfonamides is 1. The Morgan fingerprint density at radius 3 is 2.50 bits per heavy atom. The SMILES string of the molecule is C=CS(=O)(=O)N1CCc2cc(Oc3ccc(C(F)(F)F)cc3)cnc2C1. The van der Waals surface area contributed by atoms with Crippen LogP contribution >= 0.6 is 0 Å². The number of rotatable bonds is 4. The molecule has 1 aromatic carbocycles. The number of halogens is 3. The molecular weight excluding hydrogens is 369 g/mol. The Bertz CT molecular complexity index is 925. The van der Waals surface area contributed by atoms with E-state index < -0.39 is 21.8 Å². The van der Waals surface area contributed by atoms with E-state index in [4.69, 9.17) is 4.74 Å². The minimum Gasteiger partial charge on any atom is -0.456 e. The fraction of sp³-hybridized carbons (Fsp3) is 0.235. The Kier molecular flexibility index (Phi) is 4.76. The topological polar surface area (TPSA) is 59.5 Å². The molecule has 138 valence electrons. The Hall–Kier alpha value is -2.39. The molecule has 0 unspecified atom stereocenters. The predicted molar refractivity (Wildman–Crippen MR) is 89.0 cm³/mol. The Labute approximate surface area is 148 Å². The number of pyridine rings is 1. The molecule has 0 spiro atoms. The van der Waals surface area contributed by atoms with Gasteiger partial charge in [0, 0.05) is 12.0 Å². The first-order valence-corrected chi connectivity index (χ1v) is 9.15. The second-order valence-corrected chi connectivity index (χ2v) is 7.58. The van der Waals surface area contributed by atoms with E-state index >= 15 is 0 Å². The zero-order chi connectivity index (χ0) is 18.9. The van der Waals surface area contributed by atoms with Crippen molar-refractivity contribution in [3.63, 3.8) is 0 Å². The van der Waals surface area contributed by atoms with Gasteiger partial charge in [-0.25, -0.2) is 8.42 Å². The molecule has 9 heteroatoms. The standard InChI is InChI=1S/C17H15F3N2O3S/c1-2-26(23,24)22-8-7-12-9-15(10-21-16(12)11-22)25-14-5-3-13(4-6-14)17(18,19)20/h2-6,9-10H,1,7-8,11H2. The normalized spacial score (nSPS) is 15.3. The van der Waals surface area contributed by atoms with Crippen LogP contribution in [0.25, 0.3) is 0 Å². The number of alkyl halides is 3. The van der Waals surface area contributed by atoms with Gasteiger partial charge in [-0.2, -0.15) is 17.5 Å². The fourth-order valence-corrected chi connectivity index (χ4v) is 3.45. The molecule has 1 aromatic heterocycles. The molecule has 1 aliphatic rings. The van der Waals surface area contributed by atoms with Crippen molar-refractivity contribution in [2.24, 2.45) is 0 Å². The van der Waals surface area contributed by atoms with Gasteiger partial charge in [0.05, 0.1) is 24.0 Å². The third kappa shape index (κ3) is 3.88. The molecule has 0 radical (unpaired) electrons. The van der Waals surface area contributed by atoms with Crippen molar-refractivity contribution in [3.05, 3.63) is 65.3 Å². The number of nitrogens with zero attached hydrogens (tertiary/aromatic N) is 2. The van der Waals surface area contributed by atoms with Crippen molar-refractivity contribution in [2.45, 2.75) is 19.1 Å². The van der Waals surface area contributed by atoms with E-state index in [0.717, 1.165) is 23.1 Å². The molecular formula is C17H15F3N2O3S. The number of benzene rings is 1. The van der Waals surface area contributed by atoms with Crippen molar-refractivity contribution in [1.82, 2.24) is 9.29 Å². The van der Waals surface area contributed by atoms with Crippen LogP contribution in [0, 0.1) is 0 Å². The van der Waals surface area contributed by atoms with E-state index in [-0.39, 0.29) is 12.3 Å². The van der Waals surface area contributed by atoms with Gasteiger partial charge in [0.25, 0.3) is 0 Å². The summed E-state index contributed by atoms with van der Waals surface area (Å²) in [6.07, 6.45) is -2.52. The average molecular weight is 384 g/mol. The fourth-order valence-electron chi connectivity index (χ4n) is 2.59. The lowest BCUT2D eigenvalue weighted by atomic mass is 10.1. The van der Waals surface area contributed by atoms with Gasteiger partial charge < -0.3 is 4.74 Å². The minimum absolute atomic E-state index is 0.143. The van der Waals surface area contributed by atoms with Crippen molar-refractivity contribution in [1.29, 1.82) is 0 Å². The monoisotopic (exact) mass is 384 g/mol. The molecule has 0 atom stereocenters. The van der Waals surface area contributed by atoms with Gasteiger partial charge in [0.1, 0.15) is 11.5 Å². The van der Waals surface area contributed by atoms with Gasteiger partial charge in [-0.1, -0.05) is 6.58 Å². The first-order valence-electron chi connectivity index (χ1n) is 7.64. The second-order valence-electron chi connectivity index (χ2n) is 5.70. The highest BCUT2D eigenvalue weighted by atomic mass is 32.2. The summed E-state index contributed by atoms with van der Waals surface area (Å²) < 4.78 is 68.2. The van der Waals surface area contributed by atoms with Crippen molar-refractivity contribution in [2.75, 3.05) is 6.54 Å². The Morgan fingerprint density at radius 2 is 1.88 bits per heavy atom. The van der Waals surface area contributed by atoms with E-state index in [2.05, 4.69) is 11.6 Å². The Balaban J connectivity index is 1.75. The van der Waals surface area contributed by atoms with Crippen LogP contribution in [0.2, 0.25) is 0 Å². The molecule has 26 heavy (non-hydrogen) atoms. The zero-order valence-electron chi connectivity index (χ0n) is 13.5. The number of fused-ring (bicyclic) bond motifs is 1. The highest BCUT2D eigenvalue weighted by Crippen LogP contribution is 2.32. The van der Waals surface area contributed by atoms with E-state index in [1.807, 2.05) is 0 Å². The first kappa shape index (κ1) is 18.4. The molecule has 0 saturated carbocycles. The molecule has 3 rings (SSSR count). The smallest absolute Gasteiger partial charge is 0.416 e. The maximum Gasteiger partial charge on any atom is 0.416 e. The van der Waals surface area contributed by atoms with Crippen LogP contribution in [-0.2, 0) is 29.2 Å². The van der Waals surface area contributed by atoms with E-state index in [1.54, 1.807) is 6.07 Å². The second kappa shape index (κ2) is 6.73. The summed E-state index contributed by atoms with van der Waals surface area (Å²) in [5.41, 5.74) is 0.698. The summed E-state index contributed by atoms with van der Waals surface area (Å²) in [5, 5.41) is 0.903. The predicted octanol–water partition coefficient (Wildman–Crippen LogP) is 3.72.